The zero-order valence-electron chi connectivity index (χ0n) is 10.6. The molecule has 2 rings (SSSR count). The molecule has 0 bridgehead atoms. The molecule has 0 radical (unpaired) electrons. The minimum atomic E-state index is -4.14. The van der Waals surface area contributed by atoms with Gasteiger partial charge >= 0.3 is 0 Å². The second-order valence-corrected chi connectivity index (χ2v) is 8.11. The van der Waals surface area contributed by atoms with Crippen LogP contribution in [0.15, 0.2) is 11.0 Å². The summed E-state index contributed by atoms with van der Waals surface area (Å²) in [5.74, 6) is 0. The molecule has 0 unspecified atom stereocenters. The molecule has 0 saturated carbocycles. The maximum atomic E-state index is 11.4. The van der Waals surface area contributed by atoms with Crippen molar-refractivity contribution in [2.45, 2.75) is 32.6 Å². The van der Waals surface area contributed by atoms with Gasteiger partial charge in [-0.1, -0.05) is 0 Å². The highest BCUT2D eigenvalue weighted by molar-refractivity contribution is 7.86. The van der Waals surface area contributed by atoms with Crippen LogP contribution >= 0.6 is 22.7 Å². The van der Waals surface area contributed by atoms with Crippen LogP contribution in [0.5, 0.6) is 0 Å². The van der Waals surface area contributed by atoms with E-state index in [9.17, 15) is 13.0 Å². The fourth-order valence-electron chi connectivity index (χ4n) is 1.94. The predicted molar refractivity (Wildman–Crippen MR) is 76.4 cm³/mol. The summed E-state index contributed by atoms with van der Waals surface area (Å²) in [7, 11) is -4.14. The van der Waals surface area contributed by atoms with Crippen molar-refractivity contribution in [3.8, 4) is 9.75 Å². The summed E-state index contributed by atoms with van der Waals surface area (Å²) in [6, 6.07) is 2.06. The Balaban J connectivity index is 2.68. The van der Waals surface area contributed by atoms with Crippen LogP contribution < -0.4 is 0 Å². The summed E-state index contributed by atoms with van der Waals surface area (Å²) in [6.45, 7) is 7.54. The number of hydrogen-bond acceptors (Lipinski definition) is 4. The molecule has 0 aromatic carbocycles. The predicted octanol–water partition coefficient (Wildman–Crippen LogP) is 3.96. The van der Waals surface area contributed by atoms with Gasteiger partial charge in [0.25, 0.3) is 10.1 Å². The molecule has 2 aromatic rings. The molecule has 0 amide bonds. The van der Waals surface area contributed by atoms with Crippen molar-refractivity contribution >= 4 is 32.8 Å². The molecule has 1 N–H and O–H groups in total. The highest BCUT2D eigenvalue weighted by Crippen LogP contribution is 2.41. The average molecular weight is 302 g/mol. The Morgan fingerprint density at radius 2 is 1.67 bits per heavy atom. The summed E-state index contributed by atoms with van der Waals surface area (Å²) in [4.78, 5) is 3.91. The van der Waals surface area contributed by atoms with E-state index in [1.54, 1.807) is 25.2 Å². The van der Waals surface area contributed by atoms with E-state index >= 15 is 0 Å². The van der Waals surface area contributed by atoms with Gasteiger partial charge < -0.3 is 0 Å². The standard InChI is InChI=1S/C12H14O3S3/c1-6-5-10(16-8(6)3)11-7(2)12(9(4)17-11)18(13,14)15/h5H,1-4H3,(H,13,14,15). The Bertz CT molecular complexity index is 686. The molecule has 18 heavy (non-hydrogen) atoms. The van der Waals surface area contributed by atoms with E-state index in [4.69, 9.17) is 0 Å². The molecule has 0 aliphatic rings. The van der Waals surface area contributed by atoms with E-state index in [1.807, 2.05) is 13.8 Å². The van der Waals surface area contributed by atoms with Crippen LogP contribution in [-0.2, 0) is 10.1 Å². The van der Waals surface area contributed by atoms with Gasteiger partial charge in [-0.3, -0.25) is 4.55 Å². The van der Waals surface area contributed by atoms with Gasteiger partial charge in [-0.05, 0) is 44.9 Å². The van der Waals surface area contributed by atoms with Crippen molar-refractivity contribution in [2.75, 3.05) is 0 Å². The Labute approximate surface area is 115 Å². The number of hydrogen-bond donors (Lipinski definition) is 1. The third-order valence-corrected chi connectivity index (χ3v) is 6.70. The fraction of sp³-hybridized carbons (Fsp3) is 0.333. The molecule has 0 aliphatic carbocycles. The molecule has 6 heteroatoms. The summed E-state index contributed by atoms with van der Waals surface area (Å²) < 4.78 is 32.0. The SMILES string of the molecule is Cc1cc(-c2sc(C)c(S(=O)(=O)O)c2C)sc1C. The van der Waals surface area contributed by atoms with Gasteiger partial charge in [0.15, 0.2) is 0 Å². The van der Waals surface area contributed by atoms with Gasteiger partial charge in [-0.15, -0.1) is 22.7 Å². The first kappa shape index (κ1) is 13.7. The van der Waals surface area contributed by atoms with Crippen LogP contribution in [0.4, 0.5) is 0 Å². The summed E-state index contributed by atoms with van der Waals surface area (Å²) in [5.41, 5.74) is 1.84. The van der Waals surface area contributed by atoms with Crippen LogP contribution in [0.25, 0.3) is 9.75 Å². The average Bonchev–Trinajstić information content (AvgIpc) is 2.67. The monoisotopic (exact) mass is 302 g/mol. The topological polar surface area (TPSA) is 54.4 Å². The Kier molecular flexibility index (Phi) is 3.40. The van der Waals surface area contributed by atoms with Crippen LogP contribution in [0.1, 0.15) is 20.9 Å². The van der Waals surface area contributed by atoms with Crippen molar-refractivity contribution in [2.24, 2.45) is 0 Å². The third-order valence-electron chi connectivity index (χ3n) is 2.90. The molecule has 0 atom stereocenters. The molecule has 0 spiro atoms. The molecular weight excluding hydrogens is 288 g/mol. The minimum absolute atomic E-state index is 0.0613. The number of rotatable bonds is 2. The van der Waals surface area contributed by atoms with Gasteiger partial charge in [0.1, 0.15) is 4.90 Å². The molecular formula is C12H14O3S3. The Morgan fingerprint density at radius 3 is 2.06 bits per heavy atom. The van der Waals surface area contributed by atoms with Crippen molar-refractivity contribution in [3.05, 3.63) is 26.9 Å². The van der Waals surface area contributed by atoms with E-state index in [2.05, 4.69) is 6.07 Å². The van der Waals surface area contributed by atoms with Gasteiger partial charge in [0, 0.05) is 19.5 Å². The first-order valence-electron chi connectivity index (χ1n) is 5.36. The van der Waals surface area contributed by atoms with Crippen LogP contribution in [0, 0.1) is 27.7 Å². The second kappa shape index (κ2) is 4.45. The summed E-state index contributed by atoms with van der Waals surface area (Å²) in [5, 5.41) is 0. The Hall–Kier alpha value is -0.690. The van der Waals surface area contributed by atoms with Crippen molar-refractivity contribution < 1.29 is 13.0 Å². The normalized spacial score (nSPS) is 12.1. The van der Waals surface area contributed by atoms with Crippen molar-refractivity contribution in [1.82, 2.24) is 0 Å². The zero-order valence-corrected chi connectivity index (χ0v) is 13.0. The van der Waals surface area contributed by atoms with E-state index < -0.39 is 10.1 Å². The summed E-state index contributed by atoms with van der Waals surface area (Å²) >= 11 is 3.06. The first-order chi connectivity index (χ1) is 8.21. The lowest BCUT2D eigenvalue weighted by Crippen LogP contribution is -2.00. The van der Waals surface area contributed by atoms with Crippen molar-refractivity contribution in [1.29, 1.82) is 0 Å². The van der Waals surface area contributed by atoms with Crippen molar-refractivity contribution in [3.63, 3.8) is 0 Å². The van der Waals surface area contributed by atoms with E-state index in [0.29, 0.717) is 10.4 Å². The first-order valence-corrected chi connectivity index (χ1v) is 8.44. The van der Waals surface area contributed by atoms with E-state index in [0.717, 1.165) is 9.75 Å². The van der Waals surface area contributed by atoms with Crippen LogP contribution in [0.3, 0.4) is 0 Å². The highest BCUT2D eigenvalue weighted by Gasteiger charge is 2.23. The maximum absolute atomic E-state index is 11.4. The fourth-order valence-corrected chi connectivity index (χ4v) is 5.54. The lowest BCUT2D eigenvalue weighted by Gasteiger charge is -1.98. The minimum Gasteiger partial charge on any atom is -0.282 e. The molecule has 2 heterocycles. The quantitative estimate of drug-likeness (QED) is 0.854. The molecule has 0 fully saturated rings. The highest BCUT2D eigenvalue weighted by atomic mass is 32.2. The van der Waals surface area contributed by atoms with E-state index in [-0.39, 0.29) is 4.90 Å². The molecule has 0 saturated heterocycles. The maximum Gasteiger partial charge on any atom is 0.295 e. The largest absolute Gasteiger partial charge is 0.295 e. The molecule has 2 aromatic heterocycles. The Morgan fingerprint density at radius 1 is 1.06 bits per heavy atom. The van der Waals surface area contributed by atoms with Crippen LogP contribution in [0.2, 0.25) is 0 Å². The summed E-state index contributed by atoms with van der Waals surface area (Å²) in [6.07, 6.45) is 0. The van der Waals surface area contributed by atoms with E-state index in [1.165, 1.54) is 21.8 Å². The third kappa shape index (κ3) is 2.25. The lowest BCUT2D eigenvalue weighted by molar-refractivity contribution is 0.482. The molecule has 98 valence electrons. The zero-order chi connectivity index (χ0) is 13.7. The second-order valence-electron chi connectivity index (χ2n) is 4.27. The molecule has 3 nitrogen and oxygen atoms in total. The molecule has 0 aliphatic heterocycles. The smallest absolute Gasteiger partial charge is 0.282 e. The van der Waals surface area contributed by atoms with Crippen LogP contribution in [-0.4, -0.2) is 13.0 Å². The van der Waals surface area contributed by atoms with Gasteiger partial charge in [-0.2, -0.15) is 8.42 Å². The number of aryl methyl sites for hydroxylation is 3. The van der Waals surface area contributed by atoms with Gasteiger partial charge in [-0.25, -0.2) is 0 Å². The number of thiophene rings is 2. The van der Waals surface area contributed by atoms with Gasteiger partial charge in [0.2, 0.25) is 0 Å². The van der Waals surface area contributed by atoms with Gasteiger partial charge in [0.05, 0.1) is 0 Å². The lowest BCUT2D eigenvalue weighted by atomic mass is 10.2.